The van der Waals surface area contributed by atoms with Crippen LogP contribution in [-0.4, -0.2) is 21.8 Å². The fourth-order valence-corrected chi connectivity index (χ4v) is 3.68. The van der Waals surface area contributed by atoms with Gasteiger partial charge in [-0.1, -0.05) is 42.5 Å². The Labute approximate surface area is 167 Å². The standard InChI is InChI=1S/C22H17N5O2/c28-21-18-6-2-1-5-17(18)20(25-26-21)14-7-9-16(10-8-14)24-22(29)27-12-15-4-3-11-23-19(15)13-27/h1-11,18H,12-13H2,(H,24,29). The van der Waals surface area contributed by atoms with E-state index in [0.29, 0.717) is 24.5 Å². The Morgan fingerprint density at radius 3 is 2.76 bits per heavy atom. The Bertz CT molecular complexity index is 1100. The van der Waals surface area contributed by atoms with Gasteiger partial charge in [-0.15, -0.1) is 10.2 Å². The second-order valence-corrected chi connectivity index (χ2v) is 7.04. The number of aromatic nitrogens is 1. The number of amides is 3. The molecule has 3 aliphatic rings. The fraction of sp³-hybridized carbons (Fsp3) is 0.136. The lowest BCUT2D eigenvalue weighted by atomic mass is 9.89. The van der Waals surface area contributed by atoms with Crippen LogP contribution < -0.4 is 5.32 Å². The molecule has 0 bridgehead atoms. The summed E-state index contributed by atoms with van der Waals surface area (Å²) in [6.07, 6.45) is 9.19. The SMILES string of the molecule is O=C1N=NC(c2ccc(NC(=O)N3Cc4cccnc4C3)cc2)=C2C=CC=CC12. The Balaban J connectivity index is 1.32. The van der Waals surface area contributed by atoms with Crippen molar-refractivity contribution in [2.24, 2.45) is 16.1 Å². The number of hydrogen-bond donors (Lipinski definition) is 1. The van der Waals surface area contributed by atoms with Crippen LogP contribution in [0.25, 0.3) is 5.70 Å². The highest BCUT2D eigenvalue weighted by Gasteiger charge is 2.28. The molecule has 7 heteroatoms. The molecule has 1 N–H and O–H groups in total. The highest BCUT2D eigenvalue weighted by atomic mass is 16.2. The van der Waals surface area contributed by atoms with E-state index >= 15 is 0 Å². The van der Waals surface area contributed by atoms with Crippen LogP contribution in [0.4, 0.5) is 10.5 Å². The summed E-state index contributed by atoms with van der Waals surface area (Å²) < 4.78 is 0. The van der Waals surface area contributed by atoms with Gasteiger partial charge in [0.25, 0.3) is 5.91 Å². The zero-order valence-electron chi connectivity index (χ0n) is 15.4. The van der Waals surface area contributed by atoms with E-state index in [1.165, 1.54) is 0 Å². The number of fused-ring (bicyclic) bond motifs is 2. The van der Waals surface area contributed by atoms with Crippen LogP contribution in [0.5, 0.6) is 0 Å². The van der Waals surface area contributed by atoms with Crippen molar-refractivity contribution in [2.75, 3.05) is 5.32 Å². The number of allylic oxidation sites excluding steroid dienone is 3. The largest absolute Gasteiger partial charge is 0.322 e. The monoisotopic (exact) mass is 383 g/mol. The van der Waals surface area contributed by atoms with Crippen LogP contribution in [0.15, 0.2) is 82.7 Å². The number of urea groups is 1. The molecule has 0 saturated heterocycles. The molecule has 0 spiro atoms. The molecule has 0 fully saturated rings. The van der Waals surface area contributed by atoms with Gasteiger partial charge in [0, 0.05) is 24.0 Å². The first-order chi connectivity index (χ1) is 14.2. The molecule has 2 aliphatic heterocycles. The Morgan fingerprint density at radius 2 is 1.93 bits per heavy atom. The van der Waals surface area contributed by atoms with Gasteiger partial charge in [0.1, 0.15) is 0 Å². The second-order valence-electron chi connectivity index (χ2n) is 7.04. The summed E-state index contributed by atoms with van der Waals surface area (Å²) in [6.45, 7) is 1.06. The summed E-state index contributed by atoms with van der Waals surface area (Å²) >= 11 is 0. The van der Waals surface area contributed by atoms with Crippen LogP contribution >= 0.6 is 0 Å². The van der Waals surface area contributed by atoms with Gasteiger partial charge in [-0.05, 0) is 29.3 Å². The van der Waals surface area contributed by atoms with Crippen molar-refractivity contribution in [1.29, 1.82) is 0 Å². The molecule has 3 amide bonds. The van der Waals surface area contributed by atoms with Gasteiger partial charge in [-0.3, -0.25) is 9.78 Å². The number of rotatable bonds is 2. The first-order valence-corrected chi connectivity index (χ1v) is 9.33. The number of nitrogens with one attached hydrogen (secondary N) is 1. The van der Waals surface area contributed by atoms with E-state index < -0.39 is 0 Å². The summed E-state index contributed by atoms with van der Waals surface area (Å²) in [6, 6.07) is 11.1. The minimum atomic E-state index is -0.378. The Kier molecular flexibility index (Phi) is 4.13. The quantitative estimate of drug-likeness (QED) is 0.848. The minimum Gasteiger partial charge on any atom is -0.314 e. The molecule has 142 valence electrons. The fourth-order valence-electron chi connectivity index (χ4n) is 3.68. The molecule has 0 saturated carbocycles. The van der Waals surface area contributed by atoms with Gasteiger partial charge in [0.05, 0.1) is 23.9 Å². The van der Waals surface area contributed by atoms with Gasteiger partial charge in [-0.25, -0.2) is 4.79 Å². The van der Waals surface area contributed by atoms with Crippen molar-refractivity contribution < 1.29 is 9.59 Å². The number of azo groups is 1. The van der Waals surface area contributed by atoms with E-state index in [1.54, 1.807) is 11.1 Å². The van der Waals surface area contributed by atoms with E-state index in [2.05, 4.69) is 20.5 Å². The number of carbonyl (C=O) groups excluding carboxylic acids is 2. The van der Waals surface area contributed by atoms with Crippen molar-refractivity contribution in [3.63, 3.8) is 0 Å². The molecule has 2 aromatic rings. The number of anilines is 1. The van der Waals surface area contributed by atoms with Crippen LogP contribution in [-0.2, 0) is 17.9 Å². The van der Waals surface area contributed by atoms with Crippen molar-refractivity contribution in [1.82, 2.24) is 9.88 Å². The average molecular weight is 383 g/mol. The molecule has 1 aromatic carbocycles. The number of hydrogen-bond acceptors (Lipinski definition) is 4. The molecule has 1 aromatic heterocycles. The minimum absolute atomic E-state index is 0.166. The maximum absolute atomic E-state index is 12.6. The predicted molar refractivity (Wildman–Crippen MR) is 107 cm³/mol. The van der Waals surface area contributed by atoms with Crippen LogP contribution in [0, 0.1) is 5.92 Å². The highest BCUT2D eigenvalue weighted by molar-refractivity contribution is 5.92. The average Bonchev–Trinajstić information content (AvgIpc) is 3.20. The number of pyridine rings is 1. The van der Waals surface area contributed by atoms with E-state index in [1.807, 2.05) is 60.7 Å². The smallest absolute Gasteiger partial charge is 0.314 e. The molecule has 5 rings (SSSR count). The van der Waals surface area contributed by atoms with Crippen molar-refractivity contribution >= 4 is 23.3 Å². The molecule has 0 radical (unpaired) electrons. The summed E-state index contributed by atoms with van der Waals surface area (Å²) in [5.41, 5.74) is 5.06. The van der Waals surface area contributed by atoms with Gasteiger partial charge in [0.15, 0.2) is 0 Å². The number of benzene rings is 1. The zero-order valence-corrected chi connectivity index (χ0v) is 15.4. The zero-order chi connectivity index (χ0) is 19.8. The summed E-state index contributed by atoms with van der Waals surface area (Å²) in [5.74, 6) is -0.633. The lowest BCUT2D eigenvalue weighted by molar-refractivity contribution is -0.119. The maximum Gasteiger partial charge on any atom is 0.322 e. The van der Waals surface area contributed by atoms with Crippen LogP contribution in [0.3, 0.4) is 0 Å². The number of nitrogens with zero attached hydrogens (tertiary/aromatic N) is 4. The Hall–Kier alpha value is -3.87. The normalized spacial score (nSPS) is 19.4. The van der Waals surface area contributed by atoms with Crippen molar-refractivity contribution in [2.45, 2.75) is 13.1 Å². The maximum atomic E-state index is 12.6. The molecule has 1 unspecified atom stereocenters. The van der Waals surface area contributed by atoms with Crippen molar-refractivity contribution in [3.8, 4) is 0 Å². The lowest BCUT2D eigenvalue weighted by Crippen LogP contribution is -2.30. The van der Waals surface area contributed by atoms with Gasteiger partial charge in [0.2, 0.25) is 0 Å². The van der Waals surface area contributed by atoms with Crippen molar-refractivity contribution in [3.05, 3.63) is 89.3 Å². The molecule has 7 nitrogen and oxygen atoms in total. The third-order valence-corrected chi connectivity index (χ3v) is 5.20. The van der Waals surface area contributed by atoms with E-state index in [0.717, 1.165) is 22.4 Å². The van der Waals surface area contributed by atoms with E-state index in [4.69, 9.17) is 0 Å². The van der Waals surface area contributed by atoms with Gasteiger partial charge >= 0.3 is 6.03 Å². The molecule has 1 atom stereocenters. The topological polar surface area (TPSA) is 87.0 Å². The third kappa shape index (κ3) is 3.16. The van der Waals surface area contributed by atoms with E-state index in [-0.39, 0.29) is 17.9 Å². The Morgan fingerprint density at radius 1 is 1.07 bits per heavy atom. The summed E-state index contributed by atoms with van der Waals surface area (Å²) in [7, 11) is 0. The lowest BCUT2D eigenvalue weighted by Gasteiger charge is -2.20. The number of carbonyl (C=O) groups is 2. The molecular weight excluding hydrogens is 366 g/mol. The highest BCUT2D eigenvalue weighted by Crippen LogP contribution is 2.34. The first kappa shape index (κ1) is 17.2. The summed E-state index contributed by atoms with van der Waals surface area (Å²) in [5, 5.41) is 10.8. The van der Waals surface area contributed by atoms with Gasteiger partial charge in [-0.2, -0.15) is 0 Å². The first-order valence-electron chi connectivity index (χ1n) is 9.33. The predicted octanol–water partition coefficient (Wildman–Crippen LogP) is 4.08. The van der Waals surface area contributed by atoms with Gasteiger partial charge < -0.3 is 10.2 Å². The summed E-state index contributed by atoms with van der Waals surface area (Å²) in [4.78, 5) is 30.6. The van der Waals surface area contributed by atoms with Crippen LogP contribution in [0.2, 0.25) is 0 Å². The molecule has 29 heavy (non-hydrogen) atoms. The molecular formula is C22H17N5O2. The molecule has 1 aliphatic carbocycles. The third-order valence-electron chi connectivity index (χ3n) is 5.20. The van der Waals surface area contributed by atoms with Crippen LogP contribution in [0.1, 0.15) is 16.8 Å². The molecule has 3 heterocycles. The second kappa shape index (κ2) is 6.94. The van der Waals surface area contributed by atoms with E-state index in [9.17, 15) is 9.59 Å².